The van der Waals surface area contributed by atoms with Gasteiger partial charge in [0, 0.05) is 50.0 Å². The molecule has 0 spiro atoms. The predicted octanol–water partition coefficient (Wildman–Crippen LogP) is 2.92. The lowest BCUT2D eigenvalue weighted by atomic mass is 9.80. The lowest BCUT2D eigenvalue weighted by molar-refractivity contribution is -0.159. The molecule has 1 aromatic heterocycles. The van der Waals surface area contributed by atoms with Gasteiger partial charge in [0.1, 0.15) is 0 Å². The molecule has 6 rings (SSSR count). The molecule has 3 aliphatic heterocycles. The minimum absolute atomic E-state index is 0.132. The molecule has 0 radical (unpaired) electrons. The van der Waals surface area contributed by atoms with E-state index < -0.39 is 0 Å². The van der Waals surface area contributed by atoms with Gasteiger partial charge in [0.25, 0.3) is 0 Å². The third-order valence-electron chi connectivity index (χ3n) is 6.76. The first kappa shape index (κ1) is 18.1. The second kappa shape index (κ2) is 6.64. The second-order valence-electron chi connectivity index (χ2n) is 8.91. The Kier molecular flexibility index (Phi) is 4.14. The highest BCUT2D eigenvalue weighted by molar-refractivity contribution is 7.53. The van der Waals surface area contributed by atoms with E-state index in [0.717, 1.165) is 25.5 Å². The average molecular weight is 410 g/mol. The van der Waals surface area contributed by atoms with Gasteiger partial charge in [-0.15, -0.1) is 0 Å². The Morgan fingerprint density at radius 1 is 1.38 bits per heavy atom. The van der Waals surface area contributed by atoms with Gasteiger partial charge >= 0.3 is 0 Å². The first-order valence-corrected chi connectivity index (χ1v) is 12.2. The summed E-state index contributed by atoms with van der Waals surface area (Å²) in [5.74, 6) is 0.0847. The van der Waals surface area contributed by atoms with Crippen LogP contribution in [-0.4, -0.2) is 64.6 Å². The number of carbonyl (C=O) groups excluding carboxylic acids is 1. The monoisotopic (exact) mass is 410 g/mol. The molecule has 0 saturated carbocycles. The van der Waals surface area contributed by atoms with Crippen molar-refractivity contribution in [2.45, 2.75) is 38.4 Å². The summed E-state index contributed by atoms with van der Waals surface area (Å²) in [6.07, 6.45) is 7.37. The van der Waals surface area contributed by atoms with Crippen LogP contribution in [0.1, 0.15) is 25.0 Å². The van der Waals surface area contributed by atoms with Gasteiger partial charge in [-0.1, -0.05) is 18.2 Å². The highest BCUT2D eigenvalue weighted by atomic mass is 31.1. The van der Waals surface area contributed by atoms with Crippen LogP contribution in [0.3, 0.4) is 0 Å². The molecule has 7 heteroatoms. The number of rotatable bonds is 3. The van der Waals surface area contributed by atoms with Gasteiger partial charge in [0.2, 0.25) is 5.91 Å². The molecule has 1 aliphatic carbocycles. The number of hydrogen-bond acceptors (Lipinski definition) is 4. The summed E-state index contributed by atoms with van der Waals surface area (Å²) in [6.45, 7) is 5.72. The normalized spacial score (nSPS) is 30.7. The molecular formula is C22H27N4O2P. The summed E-state index contributed by atoms with van der Waals surface area (Å²) in [5, 5.41) is 9.33. The number of fused-ring (bicyclic) bond motifs is 4. The van der Waals surface area contributed by atoms with E-state index in [2.05, 4.69) is 59.6 Å². The number of hydrazine groups is 1. The number of H-pyrrole nitrogens is 1. The van der Waals surface area contributed by atoms with Gasteiger partial charge in [-0.3, -0.25) is 9.80 Å². The Bertz CT molecular complexity index is 1020. The van der Waals surface area contributed by atoms with Crippen molar-refractivity contribution in [3.8, 4) is 0 Å². The van der Waals surface area contributed by atoms with E-state index in [1.54, 1.807) is 0 Å². The van der Waals surface area contributed by atoms with Crippen molar-refractivity contribution in [1.82, 2.24) is 20.3 Å². The standard InChI is InChI=1S/C22H27N4O2P/c1-13(2)26(25-12-29-11-16(25)10-28-29)22(27)15-6-18-17-4-3-5-19-21(17)14(8-23-19)7-20(18)24-9-15/h3-6,8,13,15-16,20,23-24H,7,9-12H2,1-2H3/t15-,16?,20-,29?/m1/s1. The number of aromatic amines is 1. The van der Waals surface area contributed by atoms with Crippen molar-refractivity contribution in [3.05, 3.63) is 41.6 Å². The SMILES string of the molecule is CC(C)N(C(=O)[C@@H]1C=C2c3cccc4[nH]cc(c34)C[C@H]2NC1)N1CP2CC1CO2. The van der Waals surface area contributed by atoms with E-state index in [4.69, 9.17) is 4.52 Å². The van der Waals surface area contributed by atoms with E-state index in [9.17, 15) is 4.79 Å². The molecule has 2 N–H and O–H groups in total. The summed E-state index contributed by atoms with van der Waals surface area (Å²) < 4.78 is 5.82. The lowest BCUT2D eigenvalue weighted by Gasteiger charge is -2.42. The van der Waals surface area contributed by atoms with E-state index in [1.807, 2.05) is 5.01 Å². The van der Waals surface area contributed by atoms with Gasteiger partial charge < -0.3 is 14.8 Å². The van der Waals surface area contributed by atoms with Gasteiger partial charge in [0.05, 0.1) is 24.9 Å². The number of benzene rings is 1. The van der Waals surface area contributed by atoms with Gasteiger partial charge in [0.15, 0.2) is 0 Å². The number of hydrogen-bond donors (Lipinski definition) is 2. The first-order valence-electron chi connectivity index (χ1n) is 10.6. The molecule has 152 valence electrons. The quantitative estimate of drug-likeness (QED) is 0.764. The minimum Gasteiger partial charge on any atom is -0.361 e. The number of nitrogens with one attached hydrogen (secondary N) is 2. The molecule has 2 saturated heterocycles. The highest BCUT2D eigenvalue weighted by Crippen LogP contribution is 2.52. The molecule has 4 atom stereocenters. The van der Waals surface area contributed by atoms with E-state index in [-0.39, 0.29) is 26.0 Å². The summed E-state index contributed by atoms with van der Waals surface area (Å²) in [7, 11) is -0.369. The van der Waals surface area contributed by atoms with Crippen LogP contribution in [0.5, 0.6) is 0 Å². The van der Waals surface area contributed by atoms with Crippen LogP contribution in [0.15, 0.2) is 30.5 Å². The summed E-state index contributed by atoms with van der Waals surface area (Å²) in [5.41, 5.74) is 5.11. The Hall–Kier alpha value is -1.72. The van der Waals surface area contributed by atoms with Crippen LogP contribution >= 0.6 is 8.15 Å². The zero-order valence-electron chi connectivity index (χ0n) is 16.9. The number of amides is 1. The van der Waals surface area contributed by atoms with Gasteiger partial charge in [-0.05, 0) is 43.0 Å². The second-order valence-corrected chi connectivity index (χ2v) is 10.8. The van der Waals surface area contributed by atoms with Crippen molar-refractivity contribution < 1.29 is 9.32 Å². The third-order valence-corrected chi connectivity index (χ3v) is 8.71. The van der Waals surface area contributed by atoms with Crippen LogP contribution in [0.25, 0.3) is 16.5 Å². The maximum Gasteiger partial charge on any atom is 0.245 e. The van der Waals surface area contributed by atoms with Crippen molar-refractivity contribution >= 4 is 30.5 Å². The Balaban J connectivity index is 1.35. The highest BCUT2D eigenvalue weighted by Gasteiger charge is 2.45. The largest absolute Gasteiger partial charge is 0.361 e. The van der Waals surface area contributed by atoms with Gasteiger partial charge in [-0.2, -0.15) is 0 Å². The number of aromatic nitrogens is 1. The fraction of sp³-hybridized carbons (Fsp3) is 0.500. The topological polar surface area (TPSA) is 60.6 Å². The molecule has 2 bridgehead atoms. The zero-order valence-corrected chi connectivity index (χ0v) is 17.8. The summed E-state index contributed by atoms with van der Waals surface area (Å²) in [4.78, 5) is 17.1. The van der Waals surface area contributed by atoms with Crippen LogP contribution in [0, 0.1) is 5.92 Å². The molecule has 6 nitrogen and oxygen atoms in total. The van der Waals surface area contributed by atoms with Crippen LogP contribution < -0.4 is 5.32 Å². The predicted molar refractivity (Wildman–Crippen MR) is 115 cm³/mol. The van der Waals surface area contributed by atoms with Crippen LogP contribution in [0.2, 0.25) is 0 Å². The molecular weight excluding hydrogens is 383 g/mol. The maximum absolute atomic E-state index is 13.7. The van der Waals surface area contributed by atoms with E-state index in [0.29, 0.717) is 18.6 Å². The fourth-order valence-corrected chi connectivity index (χ4v) is 7.59. The van der Waals surface area contributed by atoms with Crippen molar-refractivity contribution in [1.29, 1.82) is 0 Å². The van der Waals surface area contributed by atoms with Crippen LogP contribution in [0.4, 0.5) is 0 Å². The minimum atomic E-state index is -0.369. The third kappa shape index (κ3) is 2.73. The smallest absolute Gasteiger partial charge is 0.245 e. The lowest BCUT2D eigenvalue weighted by Crippen LogP contribution is -2.57. The molecule has 4 aliphatic rings. The number of carbonyl (C=O) groups is 1. The fourth-order valence-electron chi connectivity index (χ4n) is 5.45. The van der Waals surface area contributed by atoms with Crippen molar-refractivity contribution in [2.75, 3.05) is 25.6 Å². The average Bonchev–Trinajstić information content (AvgIpc) is 3.45. The van der Waals surface area contributed by atoms with E-state index in [1.165, 1.54) is 27.6 Å². The molecule has 2 unspecified atom stereocenters. The first-order chi connectivity index (χ1) is 14.1. The Labute approximate surface area is 172 Å². The Morgan fingerprint density at radius 2 is 2.28 bits per heavy atom. The molecule has 4 heterocycles. The molecule has 1 aromatic carbocycles. The number of nitrogens with zero attached hydrogens (tertiary/aromatic N) is 2. The molecule has 1 amide bonds. The molecule has 2 fully saturated rings. The maximum atomic E-state index is 13.7. The van der Waals surface area contributed by atoms with Gasteiger partial charge in [-0.25, -0.2) is 5.01 Å². The molecule has 29 heavy (non-hydrogen) atoms. The van der Waals surface area contributed by atoms with Crippen molar-refractivity contribution in [3.63, 3.8) is 0 Å². The van der Waals surface area contributed by atoms with Crippen LogP contribution in [-0.2, 0) is 15.7 Å². The van der Waals surface area contributed by atoms with E-state index >= 15 is 0 Å². The summed E-state index contributed by atoms with van der Waals surface area (Å²) >= 11 is 0. The molecule has 2 aromatic rings. The Morgan fingerprint density at radius 3 is 3.03 bits per heavy atom. The zero-order chi connectivity index (χ0) is 19.7. The summed E-state index contributed by atoms with van der Waals surface area (Å²) in [6, 6.07) is 7.26. The van der Waals surface area contributed by atoms with Crippen molar-refractivity contribution in [2.24, 2.45) is 5.92 Å².